The van der Waals surface area contributed by atoms with Crippen molar-refractivity contribution in [2.24, 2.45) is 0 Å². The van der Waals surface area contributed by atoms with Crippen LogP contribution in [0.5, 0.6) is 11.5 Å². The van der Waals surface area contributed by atoms with E-state index in [0.29, 0.717) is 22.8 Å². The van der Waals surface area contributed by atoms with Crippen molar-refractivity contribution in [3.63, 3.8) is 0 Å². The molecule has 2 aromatic rings. The van der Waals surface area contributed by atoms with E-state index in [-0.39, 0.29) is 12.2 Å². The van der Waals surface area contributed by atoms with Crippen LogP contribution in [0.25, 0.3) is 0 Å². The fraction of sp³-hybridized carbons (Fsp3) is 0.214. The Morgan fingerprint density at radius 1 is 1.21 bits per heavy atom. The first kappa shape index (κ1) is 13.0. The molecule has 0 unspecified atom stereocenters. The van der Waals surface area contributed by atoms with Crippen LogP contribution in [-0.4, -0.2) is 30.0 Å². The van der Waals surface area contributed by atoms with Gasteiger partial charge in [-0.2, -0.15) is 0 Å². The van der Waals surface area contributed by atoms with Gasteiger partial charge in [0, 0.05) is 24.7 Å². The molecule has 0 aliphatic carbocycles. The normalized spacial score (nSPS) is 10.0. The Bertz CT molecular complexity index is 570. The van der Waals surface area contributed by atoms with Crippen LogP contribution in [0.4, 0.5) is 0 Å². The number of carbonyl (C=O) groups excluding carboxylic acids is 1. The summed E-state index contributed by atoms with van der Waals surface area (Å²) in [6.45, 7) is 0. The van der Waals surface area contributed by atoms with Crippen molar-refractivity contribution in [2.75, 3.05) is 14.2 Å². The van der Waals surface area contributed by atoms with Crippen LogP contribution in [-0.2, 0) is 6.42 Å². The van der Waals surface area contributed by atoms with Gasteiger partial charge in [-0.1, -0.05) is 0 Å². The molecule has 0 fully saturated rings. The van der Waals surface area contributed by atoms with Crippen molar-refractivity contribution in [3.05, 3.63) is 48.0 Å². The van der Waals surface area contributed by atoms with E-state index in [0.717, 1.165) is 0 Å². The number of hydrogen-bond acceptors (Lipinski definition) is 5. The van der Waals surface area contributed by atoms with Crippen molar-refractivity contribution in [1.82, 2.24) is 9.97 Å². The minimum absolute atomic E-state index is 0.0694. The number of ether oxygens (including phenoxy) is 2. The van der Waals surface area contributed by atoms with E-state index < -0.39 is 0 Å². The zero-order chi connectivity index (χ0) is 13.7. The Labute approximate surface area is 111 Å². The Kier molecular flexibility index (Phi) is 4.07. The third-order valence-electron chi connectivity index (χ3n) is 2.67. The molecule has 1 aromatic heterocycles. The standard InChI is InChI=1S/C14H14N2O3/c1-18-11-3-4-12(14(8-11)19-2)13(17)7-10-9-15-5-6-16-10/h3-6,8-9H,7H2,1-2H3. The van der Waals surface area contributed by atoms with Gasteiger partial charge >= 0.3 is 0 Å². The molecule has 0 radical (unpaired) electrons. The predicted molar refractivity (Wildman–Crippen MR) is 69.6 cm³/mol. The first-order valence-corrected chi connectivity index (χ1v) is 5.74. The van der Waals surface area contributed by atoms with Gasteiger partial charge in [-0.15, -0.1) is 0 Å². The van der Waals surface area contributed by atoms with Crippen LogP contribution in [0, 0.1) is 0 Å². The zero-order valence-electron chi connectivity index (χ0n) is 10.8. The third kappa shape index (κ3) is 3.07. The number of carbonyl (C=O) groups is 1. The van der Waals surface area contributed by atoms with Gasteiger partial charge in [0.15, 0.2) is 5.78 Å². The molecule has 98 valence electrons. The zero-order valence-corrected chi connectivity index (χ0v) is 10.8. The molecular formula is C14H14N2O3. The van der Waals surface area contributed by atoms with Crippen molar-refractivity contribution < 1.29 is 14.3 Å². The lowest BCUT2D eigenvalue weighted by molar-refractivity contribution is 0.0989. The number of rotatable bonds is 5. The summed E-state index contributed by atoms with van der Waals surface area (Å²) in [7, 11) is 3.09. The fourth-order valence-electron chi connectivity index (χ4n) is 1.71. The maximum absolute atomic E-state index is 12.2. The summed E-state index contributed by atoms with van der Waals surface area (Å²) in [5.41, 5.74) is 1.14. The molecule has 0 saturated carbocycles. The van der Waals surface area contributed by atoms with Crippen molar-refractivity contribution in [1.29, 1.82) is 0 Å². The molecule has 19 heavy (non-hydrogen) atoms. The van der Waals surface area contributed by atoms with Gasteiger partial charge in [0.05, 0.1) is 31.9 Å². The highest BCUT2D eigenvalue weighted by atomic mass is 16.5. The van der Waals surface area contributed by atoms with Crippen molar-refractivity contribution in [3.8, 4) is 11.5 Å². The molecule has 0 bridgehead atoms. The highest BCUT2D eigenvalue weighted by Crippen LogP contribution is 2.25. The van der Waals surface area contributed by atoms with E-state index in [9.17, 15) is 4.79 Å². The maximum Gasteiger partial charge on any atom is 0.172 e. The summed E-state index contributed by atoms with van der Waals surface area (Å²) < 4.78 is 10.3. The molecule has 0 atom stereocenters. The Balaban J connectivity index is 2.24. The molecular weight excluding hydrogens is 244 g/mol. The summed E-state index contributed by atoms with van der Waals surface area (Å²) in [5.74, 6) is 1.07. The largest absolute Gasteiger partial charge is 0.497 e. The van der Waals surface area contributed by atoms with Crippen LogP contribution in [0.3, 0.4) is 0 Å². The summed E-state index contributed by atoms with van der Waals surface area (Å²) in [6.07, 6.45) is 4.90. The van der Waals surface area contributed by atoms with Crippen LogP contribution in [0.2, 0.25) is 0 Å². The summed E-state index contributed by atoms with van der Waals surface area (Å²) in [4.78, 5) is 20.2. The molecule has 5 heteroatoms. The van der Waals surface area contributed by atoms with E-state index in [2.05, 4.69) is 9.97 Å². The fourth-order valence-corrected chi connectivity index (χ4v) is 1.71. The number of benzene rings is 1. The summed E-state index contributed by atoms with van der Waals surface area (Å²) >= 11 is 0. The van der Waals surface area contributed by atoms with Gasteiger partial charge in [0.1, 0.15) is 11.5 Å². The lowest BCUT2D eigenvalue weighted by atomic mass is 10.1. The average Bonchev–Trinajstić information content (AvgIpc) is 2.47. The number of nitrogens with zero attached hydrogens (tertiary/aromatic N) is 2. The topological polar surface area (TPSA) is 61.3 Å². The molecule has 1 heterocycles. The SMILES string of the molecule is COc1ccc(C(=O)Cc2cnccn2)c(OC)c1. The summed E-state index contributed by atoms with van der Waals surface area (Å²) in [6, 6.07) is 5.10. The van der Waals surface area contributed by atoms with Gasteiger partial charge in [-0.3, -0.25) is 14.8 Å². The van der Waals surface area contributed by atoms with Crippen LogP contribution < -0.4 is 9.47 Å². The second-order valence-corrected chi connectivity index (χ2v) is 3.86. The first-order valence-electron chi connectivity index (χ1n) is 5.74. The monoisotopic (exact) mass is 258 g/mol. The van der Waals surface area contributed by atoms with Gasteiger partial charge < -0.3 is 9.47 Å². The molecule has 0 N–H and O–H groups in total. The third-order valence-corrected chi connectivity index (χ3v) is 2.67. The minimum Gasteiger partial charge on any atom is -0.497 e. The smallest absolute Gasteiger partial charge is 0.172 e. The summed E-state index contributed by atoms with van der Waals surface area (Å²) in [5, 5.41) is 0. The van der Waals surface area contributed by atoms with Gasteiger partial charge in [0.25, 0.3) is 0 Å². The predicted octanol–water partition coefficient (Wildman–Crippen LogP) is 1.92. The van der Waals surface area contributed by atoms with E-state index in [4.69, 9.17) is 9.47 Å². The molecule has 0 aliphatic heterocycles. The average molecular weight is 258 g/mol. The van der Waals surface area contributed by atoms with Gasteiger partial charge in [-0.25, -0.2) is 0 Å². The Morgan fingerprint density at radius 2 is 2.05 bits per heavy atom. The quantitative estimate of drug-likeness (QED) is 0.767. The van der Waals surface area contributed by atoms with Crippen molar-refractivity contribution >= 4 is 5.78 Å². The van der Waals surface area contributed by atoms with Crippen LogP contribution in [0.15, 0.2) is 36.8 Å². The molecule has 2 rings (SSSR count). The highest BCUT2D eigenvalue weighted by molar-refractivity contribution is 5.99. The van der Waals surface area contributed by atoms with E-state index in [1.807, 2.05) is 0 Å². The van der Waals surface area contributed by atoms with Crippen molar-refractivity contribution in [2.45, 2.75) is 6.42 Å². The number of Topliss-reactive ketones (excluding diaryl/α,β-unsaturated/α-hetero) is 1. The lowest BCUT2D eigenvalue weighted by Crippen LogP contribution is -2.07. The molecule has 5 nitrogen and oxygen atoms in total. The second kappa shape index (κ2) is 5.95. The maximum atomic E-state index is 12.2. The van der Waals surface area contributed by atoms with Gasteiger partial charge in [0.2, 0.25) is 0 Å². The number of methoxy groups -OCH3 is 2. The van der Waals surface area contributed by atoms with E-state index in [1.54, 1.807) is 43.9 Å². The highest BCUT2D eigenvalue weighted by Gasteiger charge is 2.14. The lowest BCUT2D eigenvalue weighted by Gasteiger charge is -2.09. The molecule has 0 aliphatic rings. The molecule has 0 saturated heterocycles. The van der Waals surface area contributed by atoms with Gasteiger partial charge in [-0.05, 0) is 12.1 Å². The molecule has 0 amide bonds. The number of aromatic nitrogens is 2. The van der Waals surface area contributed by atoms with Crippen LogP contribution in [0.1, 0.15) is 16.1 Å². The number of ketones is 1. The molecule has 1 aromatic carbocycles. The molecule has 0 spiro atoms. The Hall–Kier alpha value is -2.43. The van der Waals surface area contributed by atoms with Crippen LogP contribution >= 0.6 is 0 Å². The number of hydrogen-bond donors (Lipinski definition) is 0. The first-order chi connectivity index (χ1) is 9.24. The van der Waals surface area contributed by atoms with E-state index in [1.165, 1.54) is 7.11 Å². The Morgan fingerprint density at radius 3 is 2.68 bits per heavy atom. The second-order valence-electron chi connectivity index (χ2n) is 3.86. The van der Waals surface area contributed by atoms with E-state index >= 15 is 0 Å². The minimum atomic E-state index is -0.0694.